The van der Waals surface area contributed by atoms with E-state index in [-0.39, 0.29) is 0 Å². The van der Waals surface area contributed by atoms with Crippen molar-refractivity contribution in [3.05, 3.63) is 18.2 Å². The Labute approximate surface area is 92.0 Å². The number of unbranched alkanes of at least 4 members (excludes halogenated alkanes) is 2. The summed E-state index contributed by atoms with van der Waals surface area (Å²) in [5.41, 5.74) is 0. The number of aromatic nitrogens is 2. The molecule has 15 heavy (non-hydrogen) atoms. The second-order valence-corrected chi connectivity index (χ2v) is 3.66. The van der Waals surface area contributed by atoms with Crippen LogP contribution in [-0.4, -0.2) is 4.57 Å². The zero-order chi connectivity index (χ0) is 11.1. The molecule has 0 saturated heterocycles. The predicted molar refractivity (Wildman–Crippen MR) is 59.1 cm³/mol. The highest BCUT2D eigenvalue weighted by molar-refractivity contribution is 4.82. The molecule has 0 N–H and O–H groups in total. The summed E-state index contributed by atoms with van der Waals surface area (Å²) in [6.07, 6.45) is 8.14. The SMILES string of the molecule is CCc1n(CC)cc[n+]1CCCCC#N. The number of rotatable bonds is 6. The molecule has 0 radical (unpaired) electrons. The average molecular weight is 206 g/mol. The molecule has 0 aliphatic carbocycles. The summed E-state index contributed by atoms with van der Waals surface area (Å²) in [5.74, 6) is 1.38. The lowest BCUT2D eigenvalue weighted by molar-refractivity contribution is -0.704. The van der Waals surface area contributed by atoms with E-state index in [0.29, 0.717) is 6.42 Å². The fourth-order valence-corrected chi connectivity index (χ4v) is 1.88. The van der Waals surface area contributed by atoms with E-state index >= 15 is 0 Å². The smallest absolute Gasteiger partial charge is 0.235 e. The summed E-state index contributed by atoms with van der Waals surface area (Å²) in [6, 6.07) is 2.18. The summed E-state index contributed by atoms with van der Waals surface area (Å²) < 4.78 is 4.59. The van der Waals surface area contributed by atoms with E-state index in [9.17, 15) is 0 Å². The van der Waals surface area contributed by atoms with Crippen molar-refractivity contribution >= 4 is 0 Å². The molecule has 1 heterocycles. The molecule has 0 aliphatic heterocycles. The predicted octanol–water partition coefficient (Wildman–Crippen LogP) is 2.05. The van der Waals surface area contributed by atoms with Crippen LogP contribution in [0.3, 0.4) is 0 Å². The van der Waals surface area contributed by atoms with E-state index < -0.39 is 0 Å². The van der Waals surface area contributed by atoms with Crippen LogP contribution in [0.5, 0.6) is 0 Å². The van der Waals surface area contributed by atoms with Gasteiger partial charge in [-0.2, -0.15) is 5.26 Å². The highest BCUT2D eigenvalue weighted by Gasteiger charge is 2.12. The van der Waals surface area contributed by atoms with Crippen LogP contribution in [0, 0.1) is 11.3 Å². The Hall–Kier alpha value is -1.30. The first-order chi connectivity index (χ1) is 7.33. The monoisotopic (exact) mass is 206 g/mol. The Morgan fingerprint density at radius 2 is 2.20 bits per heavy atom. The Bertz CT molecular complexity index is 333. The van der Waals surface area contributed by atoms with E-state index in [1.807, 2.05) is 0 Å². The third kappa shape index (κ3) is 3.09. The van der Waals surface area contributed by atoms with Crippen molar-refractivity contribution < 1.29 is 4.57 Å². The molecule has 1 aromatic heterocycles. The molecule has 0 fully saturated rings. The molecule has 0 saturated carbocycles. The Balaban J connectivity index is 2.53. The van der Waals surface area contributed by atoms with Crippen molar-refractivity contribution in [2.75, 3.05) is 0 Å². The fraction of sp³-hybridized carbons (Fsp3) is 0.667. The Morgan fingerprint density at radius 1 is 1.40 bits per heavy atom. The van der Waals surface area contributed by atoms with Gasteiger partial charge in [-0.25, -0.2) is 9.13 Å². The molecule has 0 atom stereocenters. The molecule has 3 nitrogen and oxygen atoms in total. The molecule has 3 heteroatoms. The molecule has 1 aromatic rings. The molecule has 0 bridgehead atoms. The van der Waals surface area contributed by atoms with Crippen molar-refractivity contribution in [1.29, 1.82) is 5.26 Å². The van der Waals surface area contributed by atoms with Crippen LogP contribution in [0.1, 0.15) is 38.9 Å². The van der Waals surface area contributed by atoms with E-state index in [2.05, 4.69) is 41.4 Å². The molecule has 0 aliphatic rings. The molecule has 1 rings (SSSR count). The van der Waals surface area contributed by atoms with Gasteiger partial charge in [-0.3, -0.25) is 0 Å². The first-order valence-corrected chi connectivity index (χ1v) is 5.77. The van der Waals surface area contributed by atoms with Crippen LogP contribution >= 0.6 is 0 Å². The van der Waals surface area contributed by atoms with Crippen molar-refractivity contribution in [2.45, 2.75) is 52.6 Å². The fourth-order valence-electron chi connectivity index (χ4n) is 1.88. The average Bonchev–Trinajstić information content (AvgIpc) is 2.66. The van der Waals surface area contributed by atoms with Gasteiger partial charge in [0.2, 0.25) is 0 Å². The third-order valence-electron chi connectivity index (χ3n) is 2.68. The number of hydrogen-bond acceptors (Lipinski definition) is 1. The van der Waals surface area contributed by atoms with Gasteiger partial charge >= 0.3 is 0 Å². The van der Waals surface area contributed by atoms with E-state index in [1.165, 1.54) is 5.82 Å². The normalized spacial score (nSPS) is 10.2. The molecule has 0 amide bonds. The van der Waals surface area contributed by atoms with Crippen molar-refractivity contribution in [2.24, 2.45) is 0 Å². The van der Waals surface area contributed by atoms with Gasteiger partial charge in [0, 0.05) is 12.8 Å². The zero-order valence-electron chi connectivity index (χ0n) is 9.74. The largest absolute Gasteiger partial charge is 0.256 e. The molecule has 0 aromatic carbocycles. The number of imidazole rings is 1. The van der Waals surface area contributed by atoms with Crippen LogP contribution in [0.15, 0.2) is 12.4 Å². The van der Waals surface area contributed by atoms with Crippen LogP contribution in [0.2, 0.25) is 0 Å². The Morgan fingerprint density at radius 3 is 2.80 bits per heavy atom. The molecule has 0 spiro atoms. The standard InChI is InChI=1S/C12H20N3/c1-3-12-14(4-2)10-11-15(12)9-7-5-6-8-13/h10-11H,3-7,9H2,1-2H3/q+1. The first-order valence-electron chi connectivity index (χ1n) is 5.77. The third-order valence-corrected chi connectivity index (χ3v) is 2.68. The summed E-state index contributed by atoms with van der Waals surface area (Å²) in [4.78, 5) is 0. The number of aryl methyl sites for hydroxylation is 2. The topological polar surface area (TPSA) is 32.6 Å². The van der Waals surface area contributed by atoms with Crippen molar-refractivity contribution in [3.8, 4) is 6.07 Å². The molecular formula is C12H20N3+. The number of nitrogens with zero attached hydrogens (tertiary/aromatic N) is 3. The molecule has 0 unspecified atom stereocenters. The highest BCUT2D eigenvalue weighted by Crippen LogP contribution is 1.99. The number of nitriles is 1. The van der Waals surface area contributed by atoms with E-state index in [0.717, 1.165) is 32.4 Å². The van der Waals surface area contributed by atoms with Gasteiger partial charge in [-0.15, -0.1) is 0 Å². The minimum absolute atomic E-state index is 0.677. The van der Waals surface area contributed by atoms with Gasteiger partial charge in [-0.05, 0) is 19.8 Å². The van der Waals surface area contributed by atoms with Crippen LogP contribution < -0.4 is 4.57 Å². The minimum Gasteiger partial charge on any atom is -0.235 e. The van der Waals surface area contributed by atoms with Crippen molar-refractivity contribution in [1.82, 2.24) is 4.57 Å². The quantitative estimate of drug-likeness (QED) is 0.518. The molecular weight excluding hydrogens is 186 g/mol. The van der Waals surface area contributed by atoms with Crippen LogP contribution in [0.25, 0.3) is 0 Å². The van der Waals surface area contributed by atoms with Gasteiger partial charge in [0.15, 0.2) is 0 Å². The summed E-state index contributed by atoms with van der Waals surface area (Å²) in [6.45, 7) is 6.43. The maximum absolute atomic E-state index is 8.45. The molecule has 82 valence electrons. The maximum atomic E-state index is 8.45. The minimum atomic E-state index is 0.677. The van der Waals surface area contributed by atoms with Gasteiger partial charge < -0.3 is 0 Å². The van der Waals surface area contributed by atoms with Gasteiger partial charge in [0.05, 0.1) is 19.2 Å². The van der Waals surface area contributed by atoms with Crippen LogP contribution in [0.4, 0.5) is 0 Å². The van der Waals surface area contributed by atoms with Gasteiger partial charge in [0.25, 0.3) is 5.82 Å². The van der Waals surface area contributed by atoms with Crippen LogP contribution in [-0.2, 0) is 19.5 Å². The second kappa shape index (κ2) is 6.23. The summed E-state index contributed by atoms with van der Waals surface area (Å²) in [7, 11) is 0. The van der Waals surface area contributed by atoms with E-state index in [4.69, 9.17) is 5.26 Å². The lowest BCUT2D eigenvalue weighted by atomic mass is 10.2. The van der Waals surface area contributed by atoms with Gasteiger partial charge in [-0.1, -0.05) is 6.92 Å². The lowest BCUT2D eigenvalue weighted by Gasteiger charge is -2.00. The van der Waals surface area contributed by atoms with Crippen molar-refractivity contribution in [3.63, 3.8) is 0 Å². The first kappa shape index (κ1) is 11.8. The van der Waals surface area contributed by atoms with Gasteiger partial charge in [0.1, 0.15) is 12.4 Å². The maximum Gasteiger partial charge on any atom is 0.256 e. The Kier molecular flexibility index (Phi) is 4.89. The number of hydrogen-bond donors (Lipinski definition) is 0. The second-order valence-electron chi connectivity index (χ2n) is 3.66. The summed E-state index contributed by atoms with van der Waals surface area (Å²) >= 11 is 0. The van der Waals surface area contributed by atoms with E-state index in [1.54, 1.807) is 0 Å². The summed E-state index contributed by atoms with van der Waals surface area (Å²) in [5, 5.41) is 8.45. The lowest BCUT2D eigenvalue weighted by Crippen LogP contribution is -2.37. The zero-order valence-corrected chi connectivity index (χ0v) is 9.74. The highest BCUT2D eigenvalue weighted by atomic mass is 15.1.